The fourth-order valence-electron chi connectivity index (χ4n) is 3.26. The van der Waals surface area contributed by atoms with Crippen LogP contribution < -0.4 is 5.32 Å². The maximum absolute atomic E-state index is 13.5. The van der Waals surface area contributed by atoms with Gasteiger partial charge in [0.25, 0.3) is 5.91 Å². The van der Waals surface area contributed by atoms with Gasteiger partial charge in [-0.05, 0) is 41.5 Å². The number of nitrogens with one attached hydrogen (secondary N) is 1. The third-order valence-electron chi connectivity index (χ3n) is 4.75. The zero-order valence-corrected chi connectivity index (χ0v) is 15.9. The van der Waals surface area contributed by atoms with Crippen LogP contribution in [-0.2, 0) is 13.1 Å². The van der Waals surface area contributed by atoms with E-state index in [0.717, 1.165) is 16.6 Å². The summed E-state index contributed by atoms with van der Waals surface area (Å²) in [6, 6.07) is 19.9. The van der Waals surface area contributed by atoms with Crippen molar-refractivity contribution in [1.29, 1.82) is 0 Å². The Bertz CT molecular complexity index is 1230. The van der Waals surface area contributed by atoms with Crippen molar-refractivity contribution in [3.05, 3.63) is 101 Å². The predicted octanol–water partition coefficient (Wildman–Crippen LogP) is 3.85. The largest absolute Gasteiger partial charge is 0.478 e. The Hall–Kier alpha value is -4.00. The molecule has 0 fully saturated rings. The molecule has 0 unspecified atom stereocenters. The number of carbonyl (C=O) groups is 2. The van der Waals surface area contributed by atoms with Crippen LogP contribution in [0, 0.1) is 5.82 Å². The van der Waals surface area contributed by atoms with Gasteiger partial charge in [-0.25, -0.2) is 9.18 Å². The third kappa shape index (κ3) is 4.05. The molecule has 0 radical (unpaired) electrons. The van der Waals surface area contributed by atoms with Gasteiger partial charge in [-0.1, -0.05) is 42.5 Å². The van der Waals surface area contributed by atoms with E-state index in [1.807, 2.05) is 24.3 Å². The molecule has 4 aromatic rings. The second kappa shape index (κ2) is 8.16. The first-order chi connectivity index (χ1) is 14.5. The number of hydrogen-bond donors (Lipinski definition) is 2. The molecule has 0 spiro atoms. The molecule has 0 aliphatic carbocycles. The Morgan fingerprint density at radius 3 is 2.47 bits per heavy atom. The van der Waals surface area contributed by atoms with Gasteiger partial charge in [-0.3, -0.25) is 9.48 Å². The van der Waals surface area contributed by atoms with Crippen LogP contribution in [0.15, 0.2) is 72.8 Å². The Morgan fingerprint density at radius 2 is 1.73 bits per heavy atom. The summed E-state index contributed by atoms with van der Waals surface area (Å²) in [7, 11) is 0. The van der Waals surface area contributed by atoms with Crippen molar-refractivity contribution >= 4 is 22.8 Å². The van der Waals surface area contributed by atoms with Crippen molar-refractivity contribution in [1.82, 2.24) is 15.1 Å². The second-order valence-corrected chi connectivity index (χ2v) is 6.84. The van der Waals surface area contributed by atoms with Crippen LogP contribution in [0.4, 0.5) is 4.39 Å². The van der Waals surface area contributed by atoms with Crippen LogP contribution in [0.2, 0.25) is 0 Å². The van der Waals surface area contributed by atoms with E-state index >= 15 is 0 Å². The summed E-state index contributed by atoms with van der Waals surface area (Å²) >= 11 is 0. The first-order valence-electron chi connectivity index (χ1n) is 9.32. The van der Waals surface area contributed by atoms with Crippen molar-refractivity contribution in [2.24, 2.45) is 0 Å². The fraction of sp³-hybridized carbons (Fsp3) is 0.0870. The summed E-state index contributed by atoms with van der Waals surface area (Å²) in [5.41, 5.74) is 2.76. The summed E-state index contributed by atoms with van der Waals surface area (Å²) in [6.45, 7) is 0.575. The van der Waals surface area contributed by atoms with Crippen LogP contribution in [0.25, 0.3) is 10.9 Å². The highest BCUT2D eigenvalue weighted by molar-refractivity contribution is 6.04. The number of nitrogens with zero attached hydrogens (tertiary/aromatic N) is 2. The molecule has 7 heteroatoms. The molecule has 0 aliphatic heterocycles. The lowest BCUT2D eigenvalue weighted by Crippen LogP contribution is -2.23. The van der Waals surface area contributed by atoms with E-state index in [1.54, 1.807) is 28.9 Å². The number of aromatic carboxylic acids is 1. The Morgan fingerprint density at radius 1 is 0.967 bits per heavy atom. The molecule has 1 heterocycles. The molecule has 0 saturated heterocycles. The van der Waals surface area contributed by atoms with E-state index in [4.69, 9.17) is 5.11 Å². The van der Waals surface area contributed by atoms with Crippen molar-refractivity contribution in [3.63, 3.8) is 0 Å². The normalized spacial score (nSPS) is 10.8. The summed E-state index contributed by atoms with van der Waals surface area (Å²) in [4.78, 5) is 23.7. The average molecular weight is 403 g/mol. The number of benzene rings is 3. The quantitative estimate of drug-likeness (QED) is 0.512. The van der Waals surface area contributed by atoms with Gasteiger partial charge in [0, 0.05) is 11.9 Å². The molecule has 4 rings (SSSR count). The molecule has 2 N–H and O–H groups in total. The van der Waals surface area contributed by atoms with Crippen LogP contribution in [0.1, 0.15) is 32.0 Å². The lowest BCUT2D eigenvalue weighted by atomic mass is 10.1. The molecule has 0 aliphatic rings. The summed E-state index contributed by atoms with van der Waals surface area (Å²) in [6.07, 6.45) is 0. The van der Waals surface area contributed by atoms with Crippen molar-refractivity contribution in [2.45, 2.75) is 13.1 Å². The number of hydrogen-bond acceptors (Lipinski definition) is 3. The highest BCUT2D eigenvalue weighted by Crippen LogP contribution is 2.20. The molecular weight excluding hydrogens is 385 g/mol. The first kappa shape index (κ1) is 19.3. The Labute approximate surface area is 171 Å². The van der Waals surface area contributed by atoms with Gasteiger partial charge >= 0.3 is 5.97 Å². The van der Waals surface area contributed by atoms with Gasteiger partial charge < -0.3 is 10.4 Å². The summed E-state index contributed by atoms with van der Waals surface area (Å²) in [5.74, 6) is -1.66. The Balaban J connectivity index is 1.56. The number of carboxylic acid groups (broad SMARTS) is 1. The maximum atomic E-state index is 13.5. The van der Waals surface area contributed by atoms with Crippen LogP contribution in [0.5, 0.6) is 0 Å². The van der Waals surface area contributed by atoms with Gasteiger partial charge in [-0.2, -0.15) is 5.10 Å². The molecule has 30 heavy (non-hydrogen) atoms. The minimum Gasteiger partial charge on any atom is -0.478 e. The maximum Gasteiger partial charge on any atom is 0.335 e. The molecule has 6 nitrogen and oxygen atoms in total. The molecule has 150 valence electrons. The number of carboxylic acids is 1. The molecule has 0 atom stereocenters. The molecule has 0 saturated carbocycles. The van der Waals surface area contributed by atoms with Crippen molar-refractivity contribution in [3.8, 4) is 0 Å². The smallest absolute Gasteiger partial charge is 0.335 e. The van der Waals surface area contributed by atoms with E-state index < -0.39 is 5.97 Å². The number of fused-ring (bicyclic) bond motifs is 1. The van der Waals surface area contributed by atoms with E-state index in [2.05, 4.69) is 10.4 Å². The Kier molecular flexibility index (Phi) is 5.26. The van der Waals surface area contributed by atoms with Crippen molar-refractivity contribution in [2.75, 3.05) is 0 Å². The minimum atomic E-state index is -0.999. The number of carbonyl (C=O) groups excluding carboxylic acids is 1. The zero-order chi connectivity index (χ0) is 21.1. The van der Waals surface area contributed by atoms with E-state index in [-0.39, 0.29) is 29.5 Å². The average Bonchev–Trinajstić information content (AvgIpc) is 3.11. The summed E-state index contributed by atoms with van der Waals surface area (Å²) in [5, 5.41) is 17.0. The van der Waals surface area contributed by atoms with Crippen LogP contribution >= 0.6 is 0 Å². The third-order valence-corrected chi connectivity index (χ3v) is 4.75. The predicted molar refractivity (Wildman–Crippen MR) is 110 cm³/mol. The zero-order valence-electron chi connectivity index (χ0n) is 15.9. The number of halogens is 1. The number of amides is 1. The molecule has 3 aromatic carbocycles. The standard InChI is InChI=1S/C23H18FN3O3/c24-18-5-3-4-16(12-18)14-27-20-7-2-1-6-19(20)21(26-27)22(28)25-13-15-8-10-17(11-9-15)23(29)30/h1-12H,13-14H2,(H,25,28)(H,29,30). The number of rotatable bonds is 6. The van der Waals surface area contributed by atoms with Gasteiger partial charge in [0.05, 0.1) is 17.6 Å². The number of aromatic nitrogens is 2. The topological polar surface area (TPSA) is 84.2 Å². The van der Waals surface area contributed by atoms with Gasteiger partial charge in [0.2, 0.25) is 0 Å². The molecular formula is C23H18FN3O3. The fourth-order valence-corrected chi connectivity index (χ4v) is 3.26. The lowest BCUT2D eigenvalue weighted by molar-refractivity contribution is 0.0696. The first-order valence-corrected chi connectivity index (χ1v) is 9.32. The van der Waals surface area contributed by atoms with Gasteiger partial charge in [0.15, 0.2) is 5.69 Å². The highest BCUT2D eigenvalue weighted by atomic mass is 19.1. The van der Waals surface area contributed by atoms with Crippen LogP contribution in [-0.4, -0.2) is 26.8 Å². The van der Waals surface area contributed by atoms with Gasteiger partial charge in [0.1, 0.15) is 5.82 Å². The van der Waals surface area contributed by atoms with E-state index in [9.17, 15) is 14.0 Å². The molecule has 1 amide bonds. The monoisotopic (exact) mass is 403 g/mol. The van der Waals surface area contributed by atoms with Gasteiger partial charge in [-0.15, -0.1) is 0 Å². The number of para-hydroxylation sites is 1. The minimum absolute atomic E-state index is 0.187. The highest BCUT2D eigenvalue weighted by Gasteiger charge is 2.17. The summed E-state index contributed by atoms with van der Waals surface area (Å²) < 4.78 is 15.2. The van der Waals surface area contributed by atoms with Crippen molar-refractivity contribution < 1.29 is 19.1 Å². The van der Waals surface area contributed by atoms with E-state index in [1.165, 1.54) is 24.3 Å². The molecule has 0 bridgehead atoms. The SMILES string of the molecule is O=C(O)c1ccc(CNC(=O)c2nn(Cc3cccc(F)c3)c3ccccc23)cc1. The lowest BCUT2D eigenvalue weighted by Gasteiger charge is -2.05. The van der Waals surface area contributed by atoms with E-state index in [0.29, 0.717) is 11.9 Å². The second-order valence-electron chi connectivity index (χ2n) is 6.84. The molecule has 1 aromatic heterocycles. The van der Waals surface area contributed by atoms with Crippen LogP contribution in [0.3, 0.4) is 0 Å².